The number of anilines is 1. The molecule has 0 saturated carbocycles. The van der Waals surface area contributed by atoms with Crippen LogP contribution in [0.25, 0.3) is 22.6 Å². The molecule has 37 heavy (non-hydrogen) atoms. The summed E-state index contributed by atoms with van der Waals surface area (Å²) in [6.07, 6.45) is -1.35. The third kappa shape index (κ3) is 5.35. The van der Waals surface area contributed by atoms with Gasteiger partial charge in [0.15, 0.2) is 17.3 Å². The molecule has 8 nitrogen and oxygen atoms in total. The Hall–Kier alpha value is -4.15. The number of ether oxygens (including phenoxy) is 1. The van der Waals surface area contributed by atoms with Crippen molar-refractivity contribution < 1.29 is 22.7 Å². The van der Waals surface area contributed by atoms with E-state index in [0.717, 1.165) is 30.7 Å². The second-order valence-corrected chi connectivity index (χ2v) is 8.77. The molecule has 0 spiro atoms. The average molecular weight is 511 g/mol. The van der Waals surface area contributed by atoms with Crippen LogP contribution < -0.4 is 10.1 Å². The van der Waals surface area contributed by atoms with E-state index < -0.39 is 11.7 Å². The molecule has 4 aromatic rings. The Bertz CT molecular complexity index is 1420. The topological polar surface area (TPSA) is 85.2 Å². The summed E-state index contributed by atoms with van der Waals surface area (Å²) >= 11 is 0. The zero-order chi connectivity index (χ0) is 26.0. The number of methoxy groups -OCH3 is 1. The fraction of sp³-hybridized carbons (Fsp3) is 0.308. The number of nitrogens with zero attached hydrogens (tertiary/aromatic N) is 5. The van der Waals surface area contributed by atoms with Crippen LogP contribution in [-0.4, -0.2) is 50.5 Å². The zero-order valence-corrected chi connectivity index (χ0v) is 20.1. The van der Waals surface area contributed by atoms with E-state index in [1.807, 2.05) is 21.6 Å². The van der Waals surface area contributed by atoms with Gasteiger partial charge >= 0.3 is 6.18 Å². The number of nitrogens with one attached hydrogen (secondary N) is 1. The van der Waals surface area contributed by atoms with Gasteiger partial charge in [-0.1, -0.05) is 12.1 Å². The Kier molecular flexibility index (Phi) is 6.68. The number of amides is 1. The summed E-state index contributed by atoms with van der Waals surface area (Å²) in [4.78, 5) is 27.7. The first-order valence-electron chi connectivity index (χ1n) is 11.9. The molecular weight excluding hydrogens is 485 g/mol. The lowest BCUT2D eigenvalue weighted by molar-refractivity contribution is -0.137. The fourth-order valence-electron chi connectivity index (χ4n) is 4.31. The molecule has 1 fully saturated rings. The van der Waals surface area contributed by atoms with Crippen molar-refractivity contribution in [3.63, 3.8) is 0 Å². The van der Waals surface area contributed by atoms with Crippen LogP contribution in [0.15, 0.2) is 54.9 Å². The largest absolute Gasteiger partial charge is 0.497 e. The number of benzene rings is 2. The van der Waals surface area contributed by atoms with Crippen LogP contribution in [0, 0.1) is 0 Å². The maximum atomic E-state index is 13.2. The first kappa shape index (κ1) is 24.5. The van der Waals surface area contributed by atoms with Gasteiger partial charge in [0.05, 0.1) is 19.0 Å². The van der Waals surface area contributed by atoms with Crippen LogP contribution in [0.5, 0.6) is 5.75 Å². The minimum atomic E-state index is -4.42. The first-order chi connectivity index (χ1) is 17.8. The molecule has 1 aliphatic heterocycles. The van der Waals surface area contributed by atoms with E-state index >= 15 is 0 Å². The third-order valence-electron chi connectivity index (χ3n) is 6.31. The zero-order valence-electron chi connectivity index (χ0n) is 20.1. The monoisotopic (exact) mass is 510 g/mol. The summed E-state index contributed by atoms with van der Waals surface area (Å²) in [5.74, 6) is 1.67. The van der Waals surface area contributed by atoms with Gasteiger partial charge in [0, 0.05) is 38.2 Å². The maximum Gasteiger partial charge on any atom is 0.416 e. The predicted octanol–water partition coefficient (Wildman–Crippen LogP) is 4.76. The van der Waals surface area contributed by atoms with Crippen molar-refractivity contribution in [1.29, 1.82) is 0 Å². The molecule has 0 aliphatic carbocycles. The molecule has 0 unspecified atom stereocenters. The van der Waals surface area contributed by atoms with Gasteiger partial charge in [-0.3, -0.25) is 4.79 Å². The van der Waals surface area contributed by atoms with Gasteiger partial charge < -0.3 is 19.5 Å². The molecular formula is C26H25F3N6O2. The standard InChI is InChI=1S/C26H25F3N6O2/c1-37-20-9-7-18(8-10-20)23-32-24(30-15-17-4-2-5-19(14-17)26(27,28)29)22-25(33-23)35(16-31-22)13-12-34-11-3-6-21(34)36/h2,4-5,7-10,14,16H,3,6,11-13,15H2,1H3,(H,30,32,33). The van der Waals surface area contributed by atoms with Gasteiger partial charge in [-0.25, -0.2) is 15.0 Å². The van der Waals surface area contributed by atoms with Crippen molar-refractivity contribution in [3.8, 4) is 17.1 Å². The highest BCUT2D eigenvalue weighted by Gasteiger charge is 2.30. The molecule has 0 bridgehead atoms. The molecule has 0 atom stereocenters. The summed E-state index contributed by atoms with van der Waals surface area (Å²) in [5.41, 5.74) is 1.56. The number of imidazole rings is 1. The maximum absolute atomic E-state index is 13.2. The van der Waals surface area contributed by atoms with E-state index in [0.29, 0.717) is 53.6 Å². The molecule has 11 heteroatoms. The number of alkyl halides is 3. The van der Waals surface area contributed by atoms with Crippen molar-refractivity contribution in [2.24, 2.45) is 0 Å². The fourth-order valence-corrected chi connectivity index (χ4v) is 4.31. The van der Waals surface area contributed by atoms with Crippen molar-refractivity contribution in [2.45, 2.75) is 32.1 Å². The summed E-state index contributed by atoms with van der Waals surface area (Å²) in [6, 6.07) is 12.4. The lowest BCUT2D eigenvalue weighted by Crippen LogP contribution is -2.28. The van der Waals surface area contributed by atoms with Gasteiger partial charge in [-0.05, 0) is 48.4 Å². The Balaban J connectivity index is 1.47. The van der Waals surface area contributed by atoms with Gasteiger partial charge in [0.1, 0.15) is 11.3 Å². The van der Waals surface area contributed by atoms with Crippen LogP contribution in [0.3, 0.4) is 0 Å². The van der Waals surface area contributed by atoms with E-state index in [1.54, 1.807) is 31.6 Å². The highest BCUT2D eigenvalue weighted by Crippen LogP contribution is 2.30. The highest BCUT2D eigenvalue weighted by atomic mass is 19.4. The molecule has 0 radical (unpaired) electrons. The molecule has 192 valence electrons. The van der Waals surface area contributed by atoms with Gasteiger partial charge in [-0.15, -0.1) is 0 Å². The quantitative estimate of drug-likeness (QED) is 0.368. The number of hydrogen-bond donors (Lipinski definition) is 1. The normalized spacial score (nSPS) is 13.9. The second kappa shape index (κ2) is 10.1. The van der Waals surface area contributed by atoms with E-state index in [4.69, 9.17) is 9.72 Å². The number of halogens is 3. The van der Waals surface area contributed by atoms with Crippen LogP contribution in [0.2, 0.25) is 0 Å². The van der Waals surface area contributed by atoms with E-state index in [-0.39, 0.29) is 12.5 Å². The summed E-state index contributed by atoms with van der Waals surface area (Å²) < 4.78 is 46.6. The van der Waals surface area contributed by atoms with Crippen LogP contribution >= 0.6 is 0 Å². The minimum absolute atomic E-state index is 0.118. The smallest absolute Gasteiger partial charge is 0.416 e. The number of aromatic nitrogens is 4. The molecule has 1 amide bonds. The van der Waals surface area contributed by atoms with Crippen molar-refractivity contribution in [1.82, 2.24) is 24.4 Å². The highest BCUT2D eigenvalue weighted by molar-refractivity contribution is 5.85. The van der Waals surface area contributed by atoms with Crippen molar-refractivity contribution in [2.75, 3.05) is 25.5 Å². The second-order valence-electron chi connectivity index (χ2n) is 8.77. The van der Waals surface area contributed by atoms with Crippen LogP contribution in [0.4, 0.5) is 19.0 Å². The molecule has 3 heterocycles. The van der Waals surface area contributed by atoms with Gasteiger partial charge in [0.2, 0.25) is 5.91 Å². The summed E-state index contributed by atoms with van der Waals surface area (Å²) in [6.45, 7) is 1.90. The lowest BCUT2D eigenvalue weighted by Gasteiger charge is -2.16. The predicted molar refractivity (Wildman–Crippen MR) is 132 cm³/mol. The molecule has 1 saturated heterocycles. The summed E-state index contributed by atoms with van der Waals surface area (Å²) in [5, 5.41) is 3.15. The Labute approximate surface area is 211 Å². The summed E-state index contributed by atoms with van der Waals surface area (Å²) in [7, 11) is 1.58. The van der Waals surface area contributed by atoms with Crippen molar-refractivity contribution >= 4 is 22.9 Å². The van der Waals surface area contributed by atoms with E-state index in [9.17, 15) is 18.0 Å². The number of rotatable bonds is 8. The number of likely N-dealkylation sites (tertiary alicyclic amines) is 1. The Morgan fingerprint density at radius 1 is 1.08 bits per heavy atom. The van der Waals surface area contributed by atoms with Crippen LogP contribution in [0.1, 0.15) is 24.0 Å². The molecule has 2 aromatic heterocycles. The molecule has 5 rings (SSSR count). The number of carbonyl (C=O) groups excluding carboxylic acids is 1. The number of fused-ring (bicyclic) bond motifs is 1. The molecule has 2 aromatic carbocycles. The lowest BCUT2D eigenvalue weighted by atomic mass is 10.1. The molecule has 1 N–H and O–H groups in total. The Morgan fingerprint density at radius 3 is 2.59 bits per heavy atom. The minimum Gasteiger partial charge on any atom is -0.497 e. The van der Waals surface area contributed by atoms with Gasteiger partial charge in [-0.2, -0.15) is 13.2 Å². The SMILES string of the molecule is COc1ccc(-c2nc(NCc3cccc(C(F)(F)F)c3)c3ncn(CCN4CCCC4=O)c3n2)cc1. The van der Waals surface area contributed by atoms with Crippen LogP contribution in [-0.2, 0) is 24.1 Å². The molecule has 1 aliphatic rings. The van der Waals surface area contributed by atoms with E-state index in [1.165, 1.54) is 6.07 Å². The third-order valence-corrected chi connectivity index (χ3v) is 6.31. The number of hydrogen-bond acceptors (Lipinski definition) is 6. The van der Waals surface area contributed by atoms with Gasteiger partial charge in [0.25, 0.3) is 0 Å². The first-order valence-corrected chi connectivity index (χ1v) is 11.9. The van der Waals surface area contributed by atoms with E-state index in [2.05, 4.69) is 15.3 Å². The van der Waals surface area contributed by atoms with Crippen molar-refractivity contribution in [3.05, 3.63) is 66.0 Å². The average Bonchev–Trinajstić information content (AvgIpc) is 3.51. The Morgan fingerprint density at radius 2 is 1.89 bits per heavy atom. The number of carbonyl (C=O) groups is 1.